The standard InChI is InChI=1S/C23H24N4/c1-5-8-16-24-18(4)19(7-3)26-21(12-6-2)23-15-11-14-22(27-23)20-13-9-10-17-25-20/h5-17H,1H2,2-4H3/b12-6-,16-8-,19-7-,24-18+,26-21+. The lowest BCUT2D eigenvalue weighted by Crippen LogP contribution is -2.05. The monoisotopic (exact) mass is 356 g/mol. The molecule has 0 atom stereocenters. The first-order chi connectivity index (χ1) is 13.2. The van der Waals surface area contributed by atoms with Crippen LogP contribution >= 0.6 is 0 Å². The van der Waals surface area contributed by atoms with Gasteiger partial charge in [0.15, 0.2) is 0 Å². The molecule has 0 aliphatic carbocycles. The highest BCUT2D eigenvalue weighted by Gasteiger charge is 2.08. The average Bonchev–Trinajstić information content (AvgIpc) is 2.72. The lowest BCUT2D eigenvalue weighted by molar-refractivity contribution is 1.23. The first kappa shape index (κ1) is 19.9. The molecule has 2 heterocycles. The molecule has 2 rings (SSSR count). The first-order valence-electron chi connectivity index (χ1n) is 8.78. The smallest absolute Gasteiger partial charge is 0.0894 e. The quantitative estimate of drug-likeness (QED) is 0.481. The molecule has 2 aromatic rings. The molecule has 0 spiro atoms. The van der Waals surface area contributed by atoms with Crippen LogP contribution in [0.15, 0.2) is 101 Å². The molecule has 0 fully saturated rings. The van der Waals surface area contributed by atoms with Crippen LogP contribution in [-0.4, -0.2) is 21.4 Å². The summed E-state index contributed by atoms with van der Waals surface area (Å²) in [5, 5.41) is 0. The van der Waals surface area contributed by atoms with Crippen molar-refractivity contribution in [3.05, 3.63) is 97.1 Å². The van der Waals surface area contributed by atoms with Crippen molar-refractivity contribution in [1.29, 1.82) is 0 Å². The fourth-order valence-corrected chi connectivity index (χ4v) is 2.34. The summed E-state index contributed by atoms with van der Waals surface area (Å²) in [5.41, 5.74) is 4.81. The molecule has 0 unspecified atom stereocenters. The van der Waals surface area contributed by atoms with Crippen LogP contribution in [-0.2, 0) is 0 Å². The molecular formula is C23H24N4. The third kappa shape index (κ3) is 5.82. The Bertz CT molecular complexity index is 916. The summed E-state index contributed by atoms with van der Waals surface area (Å²) in [6.45, 7) is 9.48. The van der Waals surface area contributed by atoms with Crippen molar-refractivity contribution in [3.8, 4) is 11.4 Å². The lowest BCUT2D eigenvalue weighted by atomic mass is 10.1. The van der Waals surface area contributed by atoms with Crippen LogP contribution in [0.4, 0.5) is 0 Å². The Kier molecular flexibility index (Phi) is 7.79. The fraction of sp³-hybridized carbons (Fsp3) is 0.130. The Labute approximate surface area is 161 Å². The zero-order valence-electron chi connectivity index (χ0n) is 16.0. The summed E-state index contributed by atoms with van der Waals surface area (Å²) < 4.78 is 0. The SMILES string of the molecule is C=C\C=C/N=C(C)/C(=C/C)/N=C(\C=C/C)c1cccc(-c2ccccn2)n1. The molecule has 0 bridgehead atoms. The van der Waals surface area contributed by atoms with E-state index >= 15 is 0 Å². The van der Waals surface area contributed by atoms with E-state index in [0.717, 1.165) is 34.2 Å². The van der Waals surface area contributed by atoms with Gasteiger partial charge in [-0.3, -0.25) is 9.98 Å². The topological polar surface area (TPSA) is 50.5 Å². The second-order valence-electron chi connectivity index (χ2n) is 5.59. The van der Waals surface area contributed by atoms with Crippen molar-refractivity contribution < 1.29 is 0 Å². The number of aliphatic imine (C=N–C) groups is 2. The molecule has 0 aliphatic heterocycles. The molecule has 0 N–H and O–H groups in total. The number of hydrogen-bond acceptors (Lipinski definition) is 4. The second kappa shape index (κ2) is 10.6. The van der Waals surface area contributed by atoms with E-state index in [9.17, 15) is 0 Å². The second-order valence-corrected chi connectivity index (χ2v) is 5.59. The van der Waals surface area contributed by atoms with Gasteiger partial charge in [-0.15, -0.1) is 0 Å². The highest BCUT2D eigenvalue weighted by molar-refractivity contribution is 6.11. The van der Waals surface area contributed by atoms with E-state index in [2.05, 4.69) is 16.6 Å². The van der Waals surface area contributed by atoms with Gasteiger partial charge < -0.3 is 0 Å². The summed E-state index contributed by atoms with van der Waals surface area (Å²) in [6, 6.07) is 11.6. The van der Waals surface area contributed by atoms with Crippen LogP contribution in [0.2, 0.25) is 0 Å². The van der Waals surface area contributed by atoms with Crippen molar-refractivity contribution >= 4 is 11.4 Å². The van der Waals surface area contributed by atoms with E-state index in [-0.39, 0.29) is 0 Å². The van der Waals surface area contributed by atoms with E-state index in [1.54, 1.807) is 24.5 Å². The van der Waals surface area contributed by atoms with Gasteiger partial charge >= 0.3 is 0 Å². The van der Waals surface area contributed by atoms with Crippen molar-refractivity contribution in [2.75, 3.05) is 0 Å². The highest BCUT2D eigenvalue weighted by atomic mass is 14.9. The summed E-state index contributed by atoms with van der Waals surface area (Å²) in [6.07, 6.45) is 12.8. The molecule has 0 amide bonds. The van der Waals surface area contributed by atoms with Gasteiger partial charge in [-0.05, 0) is 57.2 Å². The summed E-state index contributed by atoms with van der Waals surface area (Å²) >= 11 is 0. The Morgan fingerprint density at radius 1 is 1.07 bits per heavy atom. The maximum Gasteiger partial charge on any atom is 0.0894 e. The van der Waals surface area contributed by atoms with Crippen LogP contribution in [0.1, 0.15) is 26.5 Å². The molecule has 136 valence electrons. The largest absolute Gasteiger partial charge is 0.259 e. The predicted octanol–water partition coefficient (Wildman–Crippen LogP) is 5.57. The van der Waals surface area contributed by atoms with Gasteiger partial charge in [0.25, 0.3) is 0 Å². The molecule has 0 radical (unpaired) electrons. The van der Waals surface area contributed by atoms with Crippen LogP contribution < -0.4 is 0 Å². The van der Waals surface area contributed by atoms with Gasteiger partial charge in [-0.1, -0.05) is 36.9 Å². The van der Waals surface area contributed by atoms with Crippen molar-refractivity contribution in [3.63, 3.8) is 0 Å². The van der Waals surface area contributed by atoms with Crippen molar-refractivity contribution in [1.82, 2.24) is 9.97 Å². The minimum atomic E-state index is 0.769. The molecule has 4 heteroatoms. The van der Waals surface area contributed by atoms with E-state index in [0.29, 0.717) is 0 Å². The van der Waals surface area contributed by atoms with E-state index < -0.39 is 0 Å². The molecule has 2 aromatic heterocycles. The third-order valence-corrected chi connectivity index (χ3v) is 3.64. The van der Waals surface area contributed by atoms with Gasteiger partial charge in [0.05, 0.1) is 34.2 Å². The van der Waals surface area contributed by atoms with Gasteiger partial charge in [0.1, 0.15) is 0 Å². The van der Waals surface area contributed by atoms with Gasteiger partial charge in [0.2, 0.25) is 0 Å². The molecule has 27 heavy (non-hydrogen) atoms. The molecule has 0 aromatic carbocycles. The van der Waals surface area contributed by atoms with Crippen molar-refractivity contribution in [2.24, 2.45) is 9.98 Å². The van der Waals surface area contributed by atoms with Crippen LogP contribution in [0.25, 0.3) is 11.4 Å². The van der Waals surface area contributed by atoms with Gasteiger partial charge in [-0.25, -0.2) is 9.98 Å². The molecule has 0 saturated heterocycles. The molecular weight excluding hydrogens is 332 g/mol. The Morgan fingerprint density at radius 3 is 2.56 bits per heavy atom. The minimum absolute atomic E-state index is 0.769. The van der Waals surface area contributed by atoms with Gasteiger partial charge in [0, 0.05) is 12.4 Å². The van der Waals surface area contributed by atoms with Crippen molar-refractivity contribution in [2.45, 2.75) is 20.8 Å². The number of allylic oxidation sites excluding steroid dienone is 6. The van der Waals surface area contributed by atoms with E-state index in [1.165, 1.54) is 0 Å². The van der Waals surface area contributed by atoms with Crippen LogP contribution in [0.5, 0.6) is 0 Å². The maximum atomic E-state index is 4.79. The Hall–Kier alpha value is -3.40. The first-order valence-corrected chi connectivity index (χ1v) is 8.78. The van der Waals surface area contributed by atoms with Crippen LogP contribution in [0, 0.1) is 0 Å². The zero-order chi connectivity index (χ0) is 19.5. The highest BCUT2D eigenvalue weighted by Crippen LogP contribution is 2.15. The Morgan fingerprint density at radius 2 is 1.89 bits per heavy atom. The molecule has 0 aliphatic rings. The number of nitrogens with zero attached hydrogens (tertiary/aromatic N) is 4. The summed E-state index contributed by atoms with van der Waals surface area (Å²) in [4.78, 5) is 18.3. The molecule has 0 saturated carbocycles. The average molecular weight is 356 g/mol. The summed E-state index contributed by atoms with van der Waals surface area (Å²) in [7, 11) is 0. The lowest BCUT2D eigenvalue weighted by Gasteiger charge is -2.07. The fourth-order valence-electron chi connectivity index (χ4n) is 2.34. The predicted molar refractivity (Wildman–Crippen MR) is 115 cm³/mol. The number of hydrogen-bond donors (Lipinski definition) is 0. The molecule has 4 nitrogen and oxygen atoms in total. The minimum Gasteiger partial charge on any atom is -0.259 e. The summed E-state index contributed by atoms with van der Waals surface area (Å²) in [5.74, 6) is 0. The maximum absolute atomic E-state index is 4.79. The van der Waals surface area contributed by atoms with E-state index in [1.807, 2.05) is 75.4 Å². The number of pyridine rings is 2. The normalized spacial score (nSPS) is 13.5. The zero-order valence-corrected chi connectivity index (χ0v) is 16.0. The number of aromatic nitrogens is 2. The van der Waals surface area contributed by atoms with E-state index in [4.69, 9.17) is 9.98 Å². The van der Waals surface area contributed by atoms with Crippen LogP contribution in [0.3, 0.4) is 0 Å². The Balaban J connectivity index is 2.45. The third-order valence-electron chi connectivity index (χ3n) is 3.64. The van der Waals surface area contributed by atoms with Gasteiger partial charge in [-0.2, -0.15) is 0 Å². The number of rotatable bonds is 7.